The molecule has 12 heteroatoms. The molecule has 0 aliphatic rings. The van der Waals surface area contributed by atoms with Crippen LogP contribution in [0.25, 0.3) is 0 Å². The van der Waals surface area contributed by atoms with Crippen LogP contribution in [0.15, 0.2) is 70.0 Å². The smallest absolute Gasteiger partial charge is 0.262 e. The van der Waals surface area contributed by atoms with Gasteiger partial charge in [-0.3, -0.25) is 14.4 Å². The lowest BCUT2D eigenvalue weighted by Crippen LogP contribution is -2.22. The molecule has 0 fully saturated rings. The van der Waals surface area contributed by atoms with E-state index >= 15 is 0 Å². The van der Waals surface area contributed by atoms with E-state index in [1.54, 1.807) is 0 Å². The Hall–Kier alpha value is -2.96. The van der Waals surface area contributed by atoms with Crippen LogP contribution < -0.4 is 14.6 Å². The molecular formula is C16H12N3O6S3-. The summed E-state index contributed by atoms with van der Waals surface area (Å²) in [6, 6.07) is 9.59. The first-order chi connectivity index (χ1) is 13.2. The molecule has 0 radical (unpaired) electrons. The maximum absolute atomic E-state index is 12.4. The Bertz CT molecular complexity index is 1190. The molecule has 0 aliphatic carbocycles. The molecule has 0 saturated carbocycles. The molecule has 0 aliphatic heterocycles. The number of hydrogen-bond donors (Lipinski definition) is 2. The van der Waals surface area contributed by atoms with Gasteiger partial charge in [-0.05, 0) is 42.0 Å². The fraction of sp³-hybridized carbons (Fsp3) is 0. The average Bonchev–Trinajstić information content (AvgIpc) is 3.14. The zero-order valence-electron chi connectivity index (χ0n) is 13.9. The highest BCUT2D eigenvalue weighted by molar-refractivity contribution is 7.93. The van der Waals surface area contributed by atoms with Crippen molar-refractivity contribution in [3.8, 4) is 0 Å². The van der Waals surface area contributed by atoms with Gasteiger partial charge in [0.1, 0.15) is 5.00 Å². The minimum Gasteiger partial charge on any atom is -0.545 e. The van der Waals surface area contributed by atoms with E-state index < -0.39 is 26.0 Å². The van der Waals surface area contributed by atoms with Crippen molar-refractivity contribution in [2.24, 2.45) is 0 Å². The van der Waals surface area contributed by atoms with Gasteiger partial charge in [0.15, 0.2) is 0 Å². The molecule has 0 amide bonds. The molecule has 0 spiro atoms. The van der Waals surface area contributed by atoms with Gasteiger partial charge in [-0.25, -0.2) is 16.8 Å². The van der Waals surface area contributed by atoms with Crippen molar-refractivity contribution in [3.63, 3.8) is 0 Å². The number of carboxylic acids is 1. The summed E-state index contributed by atoms with van der Waals surface area (Å²) in [6.07, 6.45) is 1.37. The lowest BCUT2D eigenvalue weighted by molar-refractivity contribution is -0.255. The van der Waals surface area contributed by atoms with E-state index in [0.717, 1.165) is 35.6 Å². The van der Waals surface area contributed by atoms with Crippen LogP contribution >= 0.6 is 11.3 Å². The zero-order valence-corrected chi connectivity index (χ0v) is 16.3. The number of nitrogens with zero attached hydrogens (tertiary/aromatic N) is 1. The van der Waals surface area contributed by atoms with Gasteiger partial charge in [0.05, 0.1) is 27.5 Å². The molecule has 3 rings (SSSR count). The minimum atomic E-state index is -3.98. The molecule has 28 heavy (non-hydrogen) atoms. The molecule has 2 aromatic carbocycles. The van der Waals surface area contributed by atoms with Crippen molar-refractivity contribution in [2.75, 3.05) is 9.44 Å². The van der Waals surface area contributed by atoms with Gasteiger partial charge in [0, 0.05) is 5.69 Å². The Balaban J connectivity index is 1.77. The molecule has 1 aromatic heterocycles. The molecule has 146 valence electrons. The summed E-state index contributed by atoms with van der Waals surface area (Å²) in [5.41, 5.74) is 1.47. The number of sulfonamides is 2. The topological polar surface area (TPSA) is 145 Å². The van der Waals surface area contributed by atoms with Crippen molar-refractivity contribution in [1.29, 1.82) is 0 Å². The Labute approximate surface area is 164 Å². The summed E-state index contributed by atoms with van der Waals surface area (Å²) in [5, 5.41) is 11.1. The third-order valence-electron chi connectivity index (χ3n) is 3.48. The number of anilines is 2. The SMILES string of the molecule is O=C([O-])c1ccc(S(=O)(=O)Nc2ccc(S(=O)(=O)Nc3cncs3)cc2)cc1. The Morgan fingerprint density at radius 3 is 1.89 bits per heavy atom. The highest BCUT2D eigenvalue weighted by atomic mass is 32.2. The van der Waals surface area contributed by atoms with Gasteiger partial charge in [0.25, 0.3) is 20.0 Å². The van der Waals surface area contributed by atoms with Crippen LogP contribution in [0, 0.1) is 0 Å². The highest BCUT2D eigenvalue weighted by Crippen LogP contribution is 2.22. The number of hydrogen-bond acceptors (Lipinski definition) is 8. The van der Waals surface area contributed by atoms with Crippen LogP contribution in [0.3, 0.4) is 0 Å². The monoisotopic (exact) mass is 438 g/mol. The summed E-state index contributed by atoms with van der Waals surface area (Å²) in [7, 11) is -7.81. The number of thiazole rings is 1. The quantitative estimate of drug-likeness (QED) is 0.562. The number of aromatic carboxylic acids is 1. The fourth-order valence-corrected chi connectivity index (χ4v) is 5.01. The van der Waals surface area contributed by atoms with Crippen molar-refractivity contribution in [3.05, 3.63) is 65.8 Å². The van der Waals surface area contributed by atoms with Gasteiger partial charge < -0.3 is 9.90 Å². The summed E-state index contributed by atoms with van der Waals surface area (Å²) in [4.78, 5) is 14.3. The molecule has 1 heterocycles. The molecule has 9 nitrogen and oxygen atoms in total. The third kappa shape index (κ3) is 4.47. The number of rotatable bonds is 7. The lowest BCUT2D eigenvalue weighted by Gasteiger charge is -2.10. The number of carbonyl (C=O) groups excluding carboxylic acids is 1. The standard InChI is InChI=1S/C16H13N3O6S3/c20-16(21)11-1-5-13(6-2-11)27(22,23)18-12-3-7-14(8-4-12)28(24,25)19-15-9-17-10-26-15/h1-10,18-19H,(H,20,21)/p-1. The van der Waals surface area contributed by atoms with Crippen molar-refractivity contribution in [2.45, 2.75) is 9.79 Å². The van der Waals surface area contributed by atoms with Gasteiger partial charge in [-0.1, -0.05) is 12.1 Å². The second kappa shape index (κ2) is 7.58. The van der Waals surface area contributed by atoms with E-state index in [1.165, 1.54) is 36.0 Å². The Morgan fingerprint density at radius 1 is 0.857 bits per heavy atom. The summed E-state index contributed by atoms with van der Waals surface area (Å²) >= 11 is 1.12. The zero-order chi connectivity index (χ0) is 20.4. The Morgan fingerprint density at radius 2 is 1.39 bits per heavy atom. The first kappa shape index (κ1) is 19.8. The van der Waals surface area contributed by atoms with Crippen molar-refractivity contribution in [1.82, 2.24) is 4.98 Å². The Kier molecular flexibility index (Phi) is 5.36. The largest absolute Gasteiger partial charge is 0.545 e. The molecule has 0 bridgehead atoms. The first-order valence-electron chi connectivity index (χ1n) is 7.53. The molecule has 0 unspecified atom stereocenters. The average molecular weight is 438 g/mol. The molecular weight excluding hydrogens is 426 g/mol. The van der Waals surface area contributed by atoms with Crippen LogP contribution in [-0.2, 0) is 20.0 Å². The summed E-state index contributed by atoms with van der Waals surface area (Å²) < 4.78 is 53.9. The number of aromatic nitrogens is 1. The summed E-state index contributed by atoms with van der Waals surface area (Å²) in [5.74, 6) is -1.42. The van der Waals surface area contributed by atoms with Crippen LogP contribution in [0.1, 0.15) is 10.4 Å². The normalized spacial score (nSPS) is 11.7. The number of carbonyl (C=O) groups is 1. The highest BCUT2D eigenvalue weighted by Gasteiger charge is 2.17. The van der Waals surface area contributed by atoms with E-state index in [4.69, 9.17) is 0 Å². The van der Waals surface area contributed by atoms with Crippen molar-refractivity contribution < 1.29 is 26.7 Å². The molecule has 3 aromatic rings. The molecule has 0 atom stereocenters. The van der Waals surface area contributed by atoms with Crippen LogP contribution in [0.2, 0.25) is 0 Å². The van der Waals surface area contributed by atoms with Gasteiger partial charge in [0.2, 0.25) is 0 Å². The maximum Gasteiger partial charge on any atom is 0.262 e. The minimum absolute atomic E-state index is 0.0536. The predicted molar refractivity (Wildman–Crippen MR) is 101 cm³/mol. The van der Waals surface area contributed by atoms with E-state index in [9.17, 15) is 26.7 Å². The molecule has 0 saturated heterocycles. The van der Waals surface area contributed by atoms with Crippen LogP contribution in [0.4, 0.5) is 10.7 Å². The fourth-order valence-electron chi connectivity index (χ4n) is 2.14. The summed E-state index contributed by atoms with van der Waals surface area (Å²) in [6.45, 7) is 0. The van der Waals surface area contributed by atoms with Crippen LogP contribution in [0.5, 0.6) is 0 Å². The second-order valence-electron chi connectivity index (χ2n) is 5.41. The number of benzene rings is 2. The molecule has 2 N–H and O–H groups in total. The third-order valence-corrected chi connectivity index (χ3v) is 7.08. The van der Waals surface area contributed by atoms with Gasteiger partial charge in [-0.15, -0.1) is 11.3 Å². The van der Waals surface area contributed by atoms with Crippen molar-refractivity contribution >= 4 is 48.0 Å². The van der Waals surface area contributed by atoms with E-state index in [0.29, 0.717) is 5.00 Å². The van der Waals surface area contributed by atoms with E-state index in [2.05, 4.69) is 14.4 Å². The predicted octanol–water partition coefficient (Wildman–Crippen LogP) is 1.11. The number of carboxylic acid groups (broad SMARTS) is 1. The first-order valence-corrected chi connectivity index (χ1v) is 11.4. The van der Waals surface area contributed by atoms with E-state index in [-0.39, 0.29) is 21.0 Å². The van der Waals surface area contributed by atoms with Crippen LogP contribution in [-0.4, -0.2) is 27.8 Å². The second-order valence-corrected chi connectivity index (χ2v) is 9.66. The maximum atomic E-state index is 12.4. The van der Waals surface area contributed by atoms with E-state index in [1.807, 2.05) is 0 Å². The van der Waals surface area contributed by atoms with Gasteiger partial charge >= 0.3 is 0 Å². The lowest BCUT2D eigenvalue weighted by atomic mass is 10.2. The van der Waals surface area contributed by atoms with Gasteiger partial charge in [-0.2, -0.15) is 0 Å². The number of nitrogens with one attached hydrogen (secondary N) is 2.